The Bertz CT molecular complexity index is 919. The maximum Gasteiger partial charge on any atom is 0.251 e. The first kappa shape index (κ1) is 20.8. The summed E-state index contributed by atoms with van der Waals surface area (Å²) in [5.74, 6) is -0.305. The van der Waals surface area contributed by atoms with Crippen LogP contribution in [0.15, 0.2) is 42.6 Å². The number of carbonyl (C=O) groups is 2. The van der Waals surface area contributed by atoms with Crippen molar-refractivity contribution in [1.82, 2.24) is 10.3 Å². The molecule has 0 aliphatic rings. The summed E-state index contributed by atoms with van der Waals surface area (Å²) in [6.07, 6.45) is 1.50. The number of pyridine rings is 1. The number of Topliss-reactive ketones (excluding diaryl/α,β-unsaturated/α-hetero) is 1. The largest absolute Gasteiger partial charge is 0.351 e. The fraction of sp³-hybridized carbons (Fsp3) is 0.350. The van der Waals surface area contributed by atoms with Gasteiger partial charge in [0.05, 0.1) is 17.2 Å². The van der Waals surface area contributed by atoms with Crippen molar-refractivity contribution in [2.75, 3.05) is 18.1 Å². The molecule has 27 heavy (non-hydrogen) atoms. The van der Waals surface area contributed by atoms with Crippen LogP contribution in [-0.2, 0) is 9.84 Å². The maximum atomic E-state index is 12.3. The summed E-state index contributed by atoms with van der Waals surface area (Å²) in [6.45, 7) is 5.24. The fourth-order valence-electron chi connectivity index (χ4n) is 2.61. The topological polar surface area (TPSA) is 93.2 Å². The Labute approximate surface area is 159 Å². The molecule has 1 N–H and O–H groups in total. The molecule has 144 valence electrons. The van der Waals surface area contributed by atoms with E-state index in [9.17, 15) is 18.0 Å². The third kappa shape index (κ3) is 6.29. The van der Waals surface area contributed by atoms with E-state index in [1.807, 2.05) is 19.9 Å². The van der Waals surface area contributed by atoms with Gasteiger partial charge < -0.3 is 5.32 Å². The number of nitrogens with zero attached hydrogens (tertiary/aromatic N) is 1. The van der Waals surface area contributed by atoms with Gasteiger partial charge in [-0.1, -0.05) is 26.0 Å². The van der Waals surface area contributed by atoms with Crippen LogP contribution in [0.3, 0.4) is 0 Å². The molecule has 0 fully saturated rings. The summed E-state index contributed by atoms with van der Waals surface area (Å²) in [5, 5.41) is 2.65. The summed E-state index contributed by atoms with van der Waals surface area (Å²) >= 11 is 0. The SMILES string of the molecule is CC(=O)c1ccc(-c2cccc(C(=O)NCCS(=O)(=O)CC(C)C)c2)nc1. The number of nitrogens with one attached hydrogen (secondary N) is 1. The van der Waals surface area contributed by atoms with Crippen molar-refractivity contribution in [2.24, 2.45) is 5.92 Å². The Balaban J connectivity index is 2.04. The van der Waals surface area contributed by atoms with Gasteiger partial charge in [-0.15, -0.1) is 0 Å². The number of hydrogen-bond donors (Lipinski definition) is 1. The van der Waals surface area contributed by atoms with Crippen molar-refractivity contribution in [3.8, 4) is 11.3 Å². The van der Waals surface area contributed by atoms with Crippen molar-refractivity contribution < 1.29 is 18.0 Å². The lowest BCUT2D eigenvalue weighted by atomic mass is 10.1. The number of aromatic nitrogens is 1. The van der Waals surface area contributed by atoms with Gasteiger partial charge >= 0.3 is 0 Å². The third-order valence-electron chi connectivity index (χ3n) is 3.88. The Morgan fingerprint density at radius 3 is 2.44 bits per heavy atom. The Kier molecular flexibility index (Phi) is 6.85. The van der Waals surface area contributed by atoms with Crippen molar-refractivity contribution in [3.63, 3.8) is 0 Å². The van der Waals surface area contributed by atoms with Gasteiger partial charge in [0.25, 0.3) is 5.91 Å². The molecule has 1 amide bonds. The third-order valence-corrected chi connectivity index (χ3v) is 5.88. The second kappa shape index (κ2) is 8.90. The van der Waals surface area contributed by atoms with E-state index in [0.29, 0.717) is 16.8 Å². The fourth-order valence-corrected chi connectivity index (χ4v) is 4.20. The number of benzene rings is 1. The van der Waals surface area contributed by atoms with Crippen LogP contribution in [0.25, 0.3) is 11.3 Å². The molecule has 2 rings (SSSR count). The maximum absolute atomic E-state index is 12.3. The summed E-state index contributed by atoms with van der Waals surface area (Å²) < 4.78 is 23.8. The summed E-state index contributed by atoms with van der Waals surface area (Å²) in [5.41, 5.74) is 2.33. The molecular formula is C20H24N2O4S. The van der Waals surface area contributed by atoms with E-state index in [0.717, 1.165) is 5.56 Å². The van der Waals surface area contributed by atoms with Crippen LogP contribution in [0.2, 0.25) is 0 Å². The molecular weight excluding hydrogens is 364 g/mol. The van der Waals surface area contributed by atoms with E-state index >= 15 is 0 Å². The molecule has 0 bridgehead atoms. The van der Waals surface area contributed by atoms with Crippen LogP contribution < -0.4 is 5.32 Å². The van der Waals surface area contributed by atoms with Gasteiger partial charge in [0.15, 0.2) is 15.6 Å². The van der Waals surface area contributed by atoms with Crippen LogP contribution in [0, 0.1) is 5.92 Å². The monoisotopic (exact) mass is 388 g/mol. The number of amides is 1. The highest BCUT2D eigenvalue weighted by atomic mass is 32.2. The highest BCUT2D eigenvalue weighted by molar-refractivity contribution is 7.91. The first-order chi connectivity index (χ1) is 12.7. The number of hydrogen-bond acceptors (Lipinski definition) is 5. The second-order valence-electron chi connectivity index (χ2n) is 6.83. The van der Waals surface area contributed by atoms with Crippen LogP contribution >= 0.6 is 0 Å². The van der Waals surface area contributed by atoms with Gasteiger partial charge in [-0.05, 0) is 37.1 Å². The summed E-state index contributed by atoms with van der Waals surface area (Å²) in [4.78, 5) is 27.9. The first-order valence-electron chi connectivity index (χ1n) is 8.74. The first-order valence-corrected chi connectivity index (χ1v) is 10.6. The lowest BCUT2D eigenvalue weighted by molar-refractivity contribution is 0.0955. The zero-order valence-corrected chi connectivity index (χ0v) is 16.5. The lowest BCUT2D eigenvalue weighted by Crippen LogP contribution is -2.30. The number of sulfone groups is 1. The predicted octanol–water partition coefficient (Wildman–Crippen LogP) is 2.75. The molecule has 1 aromatic heterocycles. The minimum absolute atomic E-state index is 0.0595. The molecule has 0 spiro atoms. The Morgan fingerprint density at radius 1 is 1.11 bits per heavy atom. The van der Waals surface area contributed by atoms with Crippen molar-refractivity contribution in [3.05, 3.63) is 53.7 Å². The van der Waals surface area contributed by atoms with Gasteiger partial charge in [0.2, 0.25) is 0 Å². The molecule has 1 heterocycles. The van der Waals surface area contributed by atoms with Crippen LogP contribution in [0.1, 0.15) is 41.5 Å². The van der Waals surface area contributed by atoms with Gasteiger partial charge in [-0.3, -0.25) is 14.6 Å². The molecule has 0 aliphatic carbocycles. The molecule has 0 atom stereocenters. The van der Waals surface area contributed by atoms with Crippen molar-refractivity contribution in [1.29, 1.82) is 0 Å². The van der Waals surface area contributed by atoms with E-state index < -0.39 is 9.84 Å². The molecule has 7 heteroatoms. The number of rotatable bonds is 8. The standard InChI is InChI=1S/C20H24N2O4S/c1-14(2)13-27(25,26)10-9-21-20(24)17-6-4-5-16(11-17)19-8-7-18(12-22-19)15(3)23/h4-8,11-12,14H,9-10,13H2,1-3H3,(H,21,24). The van der Waals surface area contributed by atoms with E-state index in [1.54, 1.807) is 30.3 Å². The van der Waals surface area contributed by atoms with Crippen LogP contribution in [-0.4, -0.2) is 43.1 Å². The minimum atomic E-state index is -3.17. The molecule has 1 aromatic carbocycles. The van der Waals surface area contributed by atoms with Crippen LogP contribution in [0.5, 0.6) is 0 Å². The van der Waals surface area contributed by atoms with Gasteiger partial charge in [-0.2, -0.15) is 0 Å². The van der Waals surface area contributed by atoms with E-state index in [1.165, 1.54) is 13.1 Å². The molecule has 2 aromatic rings. The van der Waals surface area contributed by atoms with Crippen molar-refractivity contribution >= 4 is 21.5 Å². The molecule has 0 saturated heterocycles. The van der Waals surface area contributed by atoms with Gasteiger partial charge in [-0.25, -0.2) is 8.42 Å². The average molecular weight is 388 g/mol. The van der Waals surface area contributed by atoms with Gasteiger partial charge in [0.1, 0.15) is 0 Å². The smallest absolute Gasteiger partial charge is 0.251 e. The summed E-state index contributed by atoms with van der Waals surface area (Å²) in [6, 6.07) is 10.3. The number of ketones is 1. The normalized spacial score (nSPS) is 11.4. The summed E-state index contributed by atoms with van der Waals surface area (Å²) in [7, 11) is -3.17. The Morgan fingerprint density at radius 2 is 1.85 bits per heavy atom. The molecule has 0 aliphatic heterocycles. The predicted molar refractivity (Wildman–Crippen MR) is 106 cm³/mol. The van der Waals surface area contributed by atoms with Gasteiger partial charge in [0, 0.05) is 29.4 Å². The molecule has 0 radical (unpaired) electrons. The zero-order valence-electron chi connectivity index (χ0n) is 15.7. The van der Waals surface area contributed by atoms with E-state index in [4.69, 9.17) is 0 Å². The highest BCUT2D eigenvalue weighted by Crippen LogP contribution is 2.18. The average Bonchev–Trinajstić information content (AvgIpc) is 2.60. The number of carbonyl (C=O) groups excluding carboxylic acids is 2. The zero-order chi connectivity index (χ0) is 20.0. The highest BCUT2D eigenvalue weighted by Gasteiger charge is 2.14. The quantitative estimate of drug-likeness (QED) is 0.702. The molecule has 6 nitrogen and oxygen atoms in total. The lowest BCUT2D eigenvalue weighted by Gasteiger charge is -2.09. The van der Waals surface area contributed by atoms with Crippen molar-refractivity contribution in [2.45, 2.75) is 20.8 Å². The van der Waals surface area contributed by atoms with E-state index in [-0.39, 0.29) is 35.7 Å². The minimum Gasteiger partial charge on any atom is -0.351 e. The van der Waals surface area contributed by atoms with Crippen LogP contribution in [0.4, 0.5) is 0 Å². The Hall–Kier alpha value is -2.54. The molecule has 0 saturated carbocycles. The van der Waals surface area contributed by atoms with E-state index in [2.05, 4.69) is 10.3 Å². The molecule has 0 unspecified atom stereocenters. The second-order valence-corrected chi connectivity index (χ2v) is 9.06.